The molecular formula is C24H21ClN6O2. The molecule has 166 valence electrons. The summed E-state index contributed by atoms with van der Waals surface area (Å²) in [6, 6.07) is 20.7. The van der Waals surface area contributed by atoms with E-state index in [1.54, 1.807) is 35.0 Å². The highest BCUT2D eigenvalue weighted by Crippen LogP contribution is 2.18. The fourth-order valence-corrected chi connectivity index (χ4v) is 3.52. The van der Waals surface area contributed by atoms with Crippen LogP contribution in [0.2, 0.25) is 5.02 Å². The molecule has 0 aliphatic heterocycles. The minimum Gasteiger partial charge on any atom is -0.340 e. The predicted octanol–water partition coefficient (Wildman–Crippen LogP) is 3.60. The van der Waals surface area contributed by atoms with Gasteiger partial charge in [0.1, 0.15) is 12.4 Å². The molecule has 8 nitrogen and oxygen atoms in total. The van der Waals surface area contributed by atoms with Gasteiger partial charge in [-0.25, -0.2) is 4.68 Å². The Morgan fingerprint density at radius 3 is 2.45 bits per heavy atom. The minimum atomic E-state index is -0.782. The Labute approximate surface area is 195 Å². The van der Waals surface area contributed by atoms with Crippen molar-refractivity contribution in [2.24, 2.45) is 0 Å². The maximum Gasteiger partial charge on any atom is 0.251 e. The number of amides is 2. The maximum atomic E-state index is 13.2. The number of tetrazole rings is 1. The molecule has 2 amide bonds. The second-order valence-electron chi connectivity index (χ2n) is 7.47. The summed E-state index contributed by atoms with van der Waals surface area (Å²) in [7, 11) is 0. The Bertz CT molecular complexity index is 1240. The fourth-order valence-electron chi connectivity index (χ4n) is 3.39. The van der Waals surface area contributed by atoms with Crippen molar-refractivity contribution in [3.63, 3.8) is 0 Å². The normalized spacial score (nSPS) is 11.6. The summed E-state index contributed by atoms with van der Waals surface area (Å²) in [5.41, 5.74) is 3.64. The van der Waals surface area contributed by atoms with E-state index in [0.717, 1.165) is 16.8 Å². The van der Waals surface area contributed by atoms with E-state index < -0.39 is 6.04 Å². The Kier molecular flexibility index (Phi) is 6.75. The van der Waals surface area contributed by atoms with Gasteiger partial charge in [-0.05, 0) is 70.9 Å². The molecule has 0 aliphatic rings. The van der Waals surface area contributed by atoms with Crippen LogP contribution >= 0.6 is 11.6 Å². The molecule has 0 bridgehead atoms. The van der Waals surface area contributed by atoms with Crippen LogP contribution in [0.25, 0.3) is 5.69 Å². The van der Waals surface area contributed by atoms with Crippen LogP contribution in [0.1, 0.15) is 21.5 Å². The van der Waals surface area contributed by atoms with Gasteiger partial charge >= 0.3 is 0 Å². The van der Waals surface area contributed by atoms with Crippen molar-refractivity contribution >= 4 is 29.1 Å². The lowest BCUT2D eigenvalue weighted by molar-refractivity contribution is -0.118. The van der Waals surface area contributed by atoms with Gasteiger partial charge in [-0.3, -0.25) is 9.59 Å². The van der Waals surface area contributed by atoms with E-state index in [9.17, 15) is 9.59 Å². The molecule has 1 aromatic heterocycles. The lowest BCUT2D eigenvalue weighted by Crippen LogP contribution is -2.45. The molecule has 3 aromatic carbocycles. The molecule has 33 heavy (non-hydrogen) atoms. The highest BCUT2D eigenvalue weighted by molar-refractivity contribution is 6.30. The number of halogens is 1. The molecule has 4 aromatic rings. The van der Waals surface area contributed by atoms with Crippen molar-refractivity contribution in [3.8, 4) is 5.69 Å². The zero-order valence-electron chi connectivity index (χ0n) is 17.8. The summed E-state index contributed by atoms with van der Waals surface area (Å²) in [6.45, 7) is 1.90. The van der Waals surface area contributed by atoms with Crippen molar-refractivity contribution < 1.29 is 9.59 Å². The Morgan fingerprint density at radius 1 is 1.03 bits per heavy atom. The van der Waals surface area contributed by atoms with Crippen molar-refractivity contribution in [2.45, 2.75) is 19.4 Å². The van der Waals surface area contributed by atoms with Crippen LogP contribution in [0, 0.1) is 6.92 Å². The number of nitrogens with one attached hydrogen (secondary N) is 2. The van der Waals surface area contributed by atoms with Crippen LogP contribution in [0.4, 0.5) is 5.69 Å². The molecule has 0 saturated heterocycles. The van der Waals surface area contributed by atoms with Crippen LogP contribution in [-0.2, 0) is 11.2 Å². The average Bonchev–Trinajstić information content (AvgIpc) is 3.34. The number of benzene rings is 3. The predicted molar refractivity (Wildman–Crippen MR) is 125 cm³/mol. The average molecular weight is 461 g/mol. The van der Waals surface area contributed by atoms with Gasteiger partial charge in [-0.2, -0.15) is 0 Å². The Hall–Kier alpha value is -4.04. The van der Waals surface area contributed by atoms with Crippen LogP contribution in [-0.4, -0.2) is 38.1 Å². The number of nitrogens with zero attached hydrogens (tertiary/aromatic N) is 4. The number of carbonyl (C=O) groups is 2. The zero-order chi connectivity index (χ0) is 23.2. The molecule has 2 N–H and O–H groups in total. The number of rotatable bonds is 7. The van der Waals surface area contributed by atoms with E-state index in [-0.39, 0.29) is 11.8 Å². The van der Waals surface area contributed by atoms with Crippen molar-refractivity contribution in [1.82, 2.24) is 25.5 Å². The summed E-state index contributed by atoms with van der Waals surface area (Å²) in [4.78, 5) is 26.0. The first-order chi connectivity index (χ1) is 16.0. The molecule has 9 heteroatoms. The molecule has 1 heterocycles. The molecule has 1 atom stereocenters. The largest absolute Gasteiger partial charge is 0.340 e. The van der Waals surface area contributed by atoms with Gasteiger partial charge in [0.2, 0.25) is 5.91 Å². The van der Waals surface area contributed by atoms with Gasteiger partial charge in [-0.1, -0.05) is 41.9 Å². The summed E-state index contributed by atoms with van der Waals surface area (Å²) in [5.74, 6) is -0.677. The second-order valence-corrected chi connectivity index (χ2v) is 7.90. The van der Waals surface area contributed by atoms with Gasteiger partial charge in [0.25, 0.3) is 5.91 Å². The number of hydrogen-bond acceptors (Lipinski definition) is 5. The molecule has 0 spiro atoms. The first-order valence-corrected chi connectivity index (χ1v) is 10.6. The highest BCUT2D eigenvalue weighted by Gasteiger charge is 2.22. The fraction of sp³-hybridized carbons (Fsp3) is 0.125. The first kappa shape index (κ1) is 22.2. The topological polar surface area (TPSA) is 102 Å². The first-order valence-electron chi connectivity index (χ1n) is 10.2. The molecule has 0 aliphatic carbocycles. The number of aromatic nitrogens is 4. The van der Waals surface area contributed by atoms with Gasteiger partial charge in [0.05, 0.1) is 5.69 Å². The third kappa shape index (κ3) is 5.61. The Balaban J connectivity index is 1.53. The highest BCUT2D eigenvalue weighted by atomic mass is 35.5. The molecule has 1 unspecified atom stereocenters. The summed E-state index contributed by atoms with van der Waals surface area (Å²) < 4.78 is 1.55. The van der Waals surface area contributed by atoms with Gasteiger partial charge in [0.15, 0.2) is 0 Å². The molecular weight excluding hydrogens is 440 g/mol. The number of hydrogen-bond donors (Lipinski definition) is 2. The van der Waals surface area contributed by atoms with E-state index in [1.165, 1.54) is 6.33 Å². The van der Waals surface area contributed by atoms with Crippen LogP contribution in [0.3, 0.4) is 0 Å². The molecule has 0 fully saturated rings. The Morgan fingerprint density at radius 2 is 1.79 bits per heavy atom. The number of anilines is 1. The zero-order valence-corrected chi connectivity index (χ0v) is 18.5. The van der Waals surface area contributed by atoms with E-state index in [4.69, 9.17) is 11.6 Å². The van der Waals surface area contributed by atoms with Gasteiger partial charge in [-0.15, -0.1) is 5.10 Å². The lowest BCUT2D eigenvalue weighted by Gasteiger charge is -2.19. The lowest BCUT2D eigenvalue weighted by atomic mass is 10.0. The van der Waals surface area contributed by atoms with Crippen molar-refractivity contribution in [1.29, 1.82) is 0 Å². The molecule has 4 rings (SSSR count). The van der Waals surface area contributed by atoms with Crippen LogP contribution < -0.4 is 10.6 Å². The summed E-state index contributed by atoms with van der Waals surface area (Å²) >= 11 is 5.92. The van der Waals surface area contributed by atoms with E-state index in [1.807, 2.05) is 49.4 Å². The van der Waals surface area contributed by atoms with Crippen molar-refractivity contribution in [2.75, 3.05) is 5.32 Å². The molecule has 0 radical (unpaired) electrons. The van der Waals surface area contributed by atoms with Crippen LogP contribution in [0.5, 0.6) is 0 Å². The summed E-state index contributed by atoms with van der Waals surface area (Å²) in [5, 5.41) is 17.5. The SMILES string of the molecule is Cc1cc(NC(=O)C(Cc2ccccc2)NC(=O)c2ccc(Cl)cc2)ccc1-n1cnnn1. The minimum absolute atomic E-state index is 0.323. The number of aryl methyl sites for hydroxylation is 1. The van der Waals surface area contributed by atoms with E-state index in [0.29, 0.717) is 22.7 Å². The van der Waals surface area contributed by atoms with Gasteiger partial charge in [0, 0.05) is 22.7 Å². The summed E-state index contributed by atoms with van der Waals surface area (Å²) in [6.07, 6.45) is 1.84. The van der Waals surface area contributed by atoms with Crippen LogP contribution in [0.15, 0.2) is 79.1 Å². The maximum absolute atomic E-state index is 13.2. The monoisotopic (exact) mass is 460 g/mol. The third-order valence-corrected chi connectivity index (χ3v) is 5.32. The standard InChI is InChI=1S/C24H21ClN6O2/c1-16-13-20(11-12-22(16)31-15-26-29-30-31)27-24(33)21(14-17-5-3-2-4-6-17)28-23(32)18-7-9-19(25)10-8-18/h2-13,15,21H,14H2,1H3,(H,27,33)(H,28,32). The third-order valence-electron chi connectivity index (χ3n) is 5.07. The van der Waals surface area contributed by atoms with E-state index in [2.05, 4.69) is 26.2 Å². The van der Waals surface area contributed by atoms with E-state index >= 15 is 0 Å². The number of carbonyl (C=O) groups excluding carboxylic acids is 2. The van der Waals surface area contributed by atoms with Gasteiger partial charge < -0.3 is 10.6 Å². The quantitative estimate of drug-likeness (QED) is 0.438. The smallest absolute Gasteiger partial charge is 0.251 e. The molecule has 0 saturated carbocycles. The van der Waals surface area contributed by atoms with Crippen molar-refractivity contribution in [3.05, 3.63) is 101 Å². The second kappa shape index (κ2) is 10.1.